The molecule has 0 bridgehead atoms. The fourth-order valence-corrected chi connectivity index (χ4v) is 2.85. The van der Waals surface area contributed by atoms with E-state index in [0.29, 0.717) is 13.2 Å². The molecule has 3 heteroatoms. The molecule has 1 aromatic rings. The van der Waals surface area contributed by atoms with Gasteiger partial charge in [-0.1, -0.05) is 67.6 Å². The lowest BCUT2D eigenvalue weighted by Crippen LogP contribution is -2.33. The highest BCUT2D eigenvalue weighted by atomic mass is 16.5. The van der Waals surface area contributed by atoms with Gasteiger partial charge in [-0.25, -0.2) is 0 Å². The Bertz CT molecular complexity index is 602. The highest BCUT2D eigenvalue weighted by molar-refractivity contribution is 5.71. The predicted octanol–water partition coefficient (Wildman–Crippen LogP) is 4.32. The number of hydrogen-bond acceptors (Lipinski definition) is 3. The highest BCUT2D eigenvalue weighted by Gasteiger charge is 2.11. The first-order chi connectivity index (χ1) is 12.3. The minimum absolute atomic E-state index is 0.143. The van der Waals surface area contributed by atoms with Crippen molar-refractivity contribution >= 4 is 5.97 Å². The lowest BCUT2D eigenvalue weighted by atomic mass is 10.1. The molecule has 0 unspecified atom stereocenters. The van der Waals surface area contributed by atoms with Crippen molar-refractivity contribution in [3.63, 3.8) is 0 Å². The van der Waals surface area contributed by atoms with Crippen molar-refractivity contribution in [2.75, 3.05) is 26.2 Å². The summed E-state index contributed by atoms with van der Waals surface area (Å²) in [4.78, 5) is 14.4. The van der Waals surface area contributed by atoms with Gasteiger partial charge in [0.25, 0.3) is 0 Å². The van der Waals surface area contributed by atoms with Gasteiger partial charge in [0.05, 0.1) is 6.54 Å². The first-order valence-corrected chi connectivity index (χ1v) is 9.22. The Morgan fingerprint density at radius 1 is 1.16 bits per heavy atom. The lowest BCUT2D eigenvalue weighted by molar-refractivity contribution is -0.143. The molecule has 0 atom stereocenters. The zero-order valence-corrected chi connectivity index (χ0v) is 15.2. The Hall–Kier alpha value is -2.13. The molecule has 1 aliphatic rings. The van der Waals surface area contributed by atoms with Gasteiger partial charge in [-0.15, -0.1) is 0 Å². The second-order valence-corrected chi connectivity index (χ2v) is 6.33. The average Bonchev–Trinajstić information content (AvgIpc) is 2.90. The molecule has 0 aromatic heterocycles. The molecule has 0 N–H and O–H groups in total. The molecule has 134 valence electrons. The largest absolute Gasteiger partial charge is 0.460 e. The van der Waals surface area contributed by atoms with Crippen LogP contribution in [0.3, 0.4) is 0 Å². The molecule has 0 heterocycles. The molecular formula is C22H29NO2. The van der Waals surface area contributed by atoms with Crippen molar-refractivity contribution < 1.29 is 9.53 Å². The first kappa shape index (κ1) is 19.2. The van der Waals surface area contributed by atoms with Crippen LogP contribution in [0, 0.1) is 0 Å². The van der Waals surface area contributed by atoms with Gasteiger partial charge in [-0.3, -0.25) is 9.69 Å². The summed E-state index contributed by atoms with van der Waals surface area (Å²) >= 11 is 0. The summed E-state index contributed by atoms with van der Waals surface area (Å²) in [5.41, 5.74) is 2.38. The molecule has 0 saturated heterocycles. The third-order valence-electron chi connectivity index (χ3n) is 4.13. The molecule has 25 heavy (non-hydrogen) atoms. The molecule has 0 saturated carbocycles. The van der Waals surface area contributed by atoms with Gasteiger partial charge in [-0.05, 0) is 49.9 Å². The molecule has 0 spiro atoms. The van der Waals surface area contributed by atoms with Gasteiger partial charge in [0, 0.05) is 0 Å². The van der Waals surface area contributed by atoms with Crippen LogP contribution in [-0.4, -0.2) is 37.1 Å². The molecule has 1 aliphatic carbocycles. The number of ether oxygens (including phenoxy) is 1. The molecule has 0 fully saturated rings. The maximum atomic E-state index is 12.2. The van der Waals surface area contributed by atoms with Crippen LogP contribution in [0.4, 0.5) is 0 Å². The molecule has 2 rings (SSSR count). The fraction of sp³-hybridized carbons (Fsp3) is 0.409. The smallest absolute Gasteiger partial charge is 0.320 e. The standard InChI is InChI=1S/C22H29NO2/c1-2-16-23(17-10-15-20-11-8-5-9-12-20)18-22(24)25-19-21-13-6-3-4-7-14-21/h3,5-9,11-14H,2,4,10,15-19H2,1H3. The van der Waals surface area contributed by atoms with E-state index in [4.69, 9.17) is 4.74 Å². The van der Waals surface area contributed by atoms with Crippen molar-refractivity contribution in [1.82, 2.24) is 4.90 Å². The van der Waals surface area contributed by atoms with E-state index in [2.05, 4.69) is 48.2 Å². The van der Waals surface area contributed by atoms with Crippen LogP contribution in [0.1, 0.15) is 31.7 Å². The Kier molecular flexibility index (Phi) is 8.78. The van der Waals surface area contributed by atoms with E-state index < -0.39 is 0 Å². The van der Waals surface area contributed by atoms with E-state index >= 15 is 0 Å². The van der Waals surface area contributed by atoms with E-state index in [0.717, 1.165) is 44.3 Å². The highest BCUT2D eigenvalue weighted by Crippen LogP contribution is 2.07. The number of allylic oxidation sites excluding steroid dienone is 4. The van der Waals surface area contributed by atoms with Crippen LogP contribution >= 0.6 is 0 Å². The number of nitrogens with zero attached hydrogens (tertiary/aromatic N) is 1. The topological polar surface area (TPSA) is 29.5 Å². The van der Waals surface area contributed by atoms with Crippen LogP contribution < -0.4 is 0 Å². The average molecular weight is 339 g/mol. The molecule has 0 aliphatic heterocycles. The molecular weight excluding hydrogens is 310 g/mol. The normalized spacial score (nSPS) is 13.6. The number of esters is 1. The van der Waals surface area contributed by atoms with E-state index in [1.165, 1.54) is 5.56 Å². The quantitative estimate of drug-likeness (QED) is 0.595. The SMILES string of the molecule is CCCN(CCCc1ccccc1)CC(=O)OCC1=CC=CCC=C1. The number of carbonyl (C=O) groups is 1. The van der Waals surface area contributed by atoms with Crippen molar-refractivity contribution in [2.45, 2.75) is 32.6 Å². The molecule has 0 radical (unpaired) electrons. The summed E-state index contributed by atoms with van der Waals surface area (Å²) < 4.78 is 5.44. The van der Waals surface area contributed by atoms with Crippen molar-refractivity contribution in [3.05, 3.63) is 71.8 Å². The number of rotatable bonds is 10. The van der Waals surface area contributed by atoms with Crippen molar-refractivity contribution in [2.24, 2.45) is 0 Å². The van der Waals surface area contributed by atoms with E-state index in [1.54, 1.807) is 0 Å². The summed E-state index contributed by atoms with van der Waals surface area (Å²) in [6, 6.07) is 10.5. The van der Waals surface area contributed by atoms with E-state index in [-0.39, 0.29) is 5.97 Å². The monoisotopic (exact) mass is 339 g/mol. The van der Waals surface area contributed by atoms with Crippen LogP contribution in [0.25, 0.3) is 0 Å². The third kappa shape index (κ3) is 7.99. The lowest BCUT2D eigenvalue weighted by Gasteiger charge is -2.20. The maximum Gasteiger partial charge on any atom is 0.320 e. The van der Waals surface area contributed by atoms with Gasteiger partial charge in [-0.2, -0.15) is 0 Å². The molecule has 1 aromatic carbocycles. The number of hydrogen-bond donors (Lipinski definition) is 0. The minimum Gasteiger partial charge on any atom is -0.460 e. The van der Waals surface area contributed by atoms with Gasteiger partial charge in [0.15, 0.2) is 0 Å². The van der Waals surface area contributed by atoms with Crippen LogP contribution in [0.2, 0.25) is 0 Å². The van der Waals surface area contributed by atoms with E-state index in [9.17, 15) is 4.79 Å². The zero-order chi connectivity index (χ0) is 17.7. The van der Waals surface area contributed by atoms with Gasteiger partial charge in [0.2, 0.25) is 0 Å². The fourth-order valence-electron chi connectivity index (χ4n) is 2.85. The second kappa shape index (κ2) is 11.4. The first-order valence-electron chi connectivity index (χ1n) is 9.22. The van der Waals surface area contributed by atoms with Gasteiger partial charge >= 0.3 is 5.97 Å². The predicted molar refractivity (Wildman–Crippen MR) is 103 cm³/mol. The molecule has 0 amide bonds. The summed E-state index contributed by atoms with van der Waals surface area (Å²) in [7, 11) is 0. The minimum atomic E-state index is -0.143. The summed E-state index contributed by atoms with van der Waals surface area (Å²) in [6.07, 6.45) is 14.3. The number of carbonyl (C=O) groups excluding carboxylic acids is 1. The maximum absolute atomic E-state index is 12.2. The van der Waals surface area contributed by atoms with Crippen molar-refractivity contribution in [1.29, 1.82) is 0 Å². The summed E-state index contributed by atoms with van der Waals surface area (Å²) in [5, 5.41) is 0. The zero-order valence-electron chi connectivity index (χ0n) is 15.2. The number of aryl methyl sites for hydroxylation is 1. The summed E-state index contributed by atoms with van der Waals surface area (Å²) in [6.45, 7) is 4.71. The Balaban J connectivity index is 1.72. The summed E-state index contributed by atoms with van der Waals surface area (Å²) in [5.74, 6) is -0.143. The second-order valence-electron chi connectivity index (χ2n) is 6.33. The van der Waals surface area contributed by atoms with Crippen molar-refractivity contribution in [3.8, 4) is 0 Å². The Labute approximate surface area is 151 Å². The third-order valence-corrected chi connectivity index (χ3v) is 4.13. The Morgan fingerprint density at radius 2 is 2.00 bits per heavy atom. The van der Waals surface area contributed by atoms with Crippen LogP contribution in [0.5, 0.6) is 0 Å². The number of benzene rings is 1. The van der Waals surface area contributed by atoms with Gasteiger partial charge < -0.3 is 4.74 Å². The van der Waals surface area contributed by atoms with E-state index in [1.807, 2.05) is 24.3 Å². The van der Waals surface area contributed by atoms with Crippen LogP contribution in [-0.2, 0) is 16.0 Å². The molecule has 3 nitrogen and oxygen atoms in total. The van der Waals surface area contributed by atoms with Crippen LogP contribution in [0.15, 0.2) is 66.3 Å². The Morgan fingerprint density at radius 3 is 2.80 bits per heavy atom. The van der Waals surface area contributed by atoms with Gasteiger partial charge in [0.1, 0.15) is 6.61 Å².